The highest BCUT2D eigenvalue weighted by molar-refractivity contribution is 6.31. The average molecular weight is 429 g/mol. The van der Waals surface area contributed by atoms with E-state index in [0.717, 1.165) is 67.7 Å². The van der Waals surface area contributed by atoms with Gasteiger partial charge in [-0.1, -0.05) is 29.8 Å². The van der Waals surface area contributed by atoms with Crippen molar-refractivity contribution >= 4 is 23.2 Å². The molecule has 0 atom stereocenters. The van der Waals surface area contributed by atoms with Crippen molar-refractivity contribution < 1.29 is 9.47 Å². The van der Waals surface area contributed by atoms with Gasteiger partial charge in [0.15, 0.2) is 17.5 Å². The molecule has 3 N–H and O–H groups in total. The molecule has 2 aliphatic rings. The highest BCUT2D eigenvalue weighted by atomic mass is 35.5. The van der Waals surface area contributed by atoms with Crippen LogP contribution in [-0.2, 0) is 6.54 Å². The fourth-order valence-corrected chi connectivity index (χ4v) is 4.05. The fourth-order valence-electron chi connectivity index (χ4n) is 3.85. The van der Waals surface area contributed by atoms with Gasteiger partial charge in [-0.3, -0.25) is 9.89 Å². The number of hydrogen-bond donors (Lipinski definition) is 2. The molecule has 0 aliphatic carbocycles. The summed E-state index contributed by atoms with van der Waals surface area (Å²) in [6, 6.07) is 13.8. The molecule has 2 aromatic rings. The van der Waals surface area contributed by atoms with Gasteiger partial charge < -0.3 is 20.5 Å². The van der Waals surface area contributed by atoms with Crippen molar-refractivity contribution in [2.75, 3.05) is 38.2 Å². The van der Waals surface area contributed by atoms with Gasteiger partial charge in [-0.2, -0.15) is 0 Å². The topological polar surface area (TPSA) is 72.1 Å². The second-order valence-electron chi connectivity index (χ2n) is 7.87. The third-order valence-corrected chi connectivity index (χ3v) is 5.97. The maximum atomic E-state index is 6.29. The van der Waals surface area contributed by atoms with Crippen LogP contribution in [0.3, 0.4) is 0 Å². The number of nitrogens with two attached hydrogens (primary N) is 1. The third-order valence-electron chi connectivity index (χ3n) is 5.60. The Morgan fingerprint density at radius 3 is 2.67 bits per heavy atom. The second-order valence-corrected chi connectivity index (χ2v) is 8.28. The van der Waals surface area contributed by atoms with Gasteiger partial charge in [-0.05, 0) is 55.6 Å². The van der Waals surface area contributed by atoms with Crippen LogP contribution >= 0.6 is 11.6 Å². The molecule has 160 valence electrons. The van der Waals surface area contributed by atoms with Crippen LogP contribution in [-0.4, -0.2) is 43.7 Å². The van der Waals surface area contributed by atoms with Crippen molar-refractivity contribution in [3.8, 4) is 11.5 Å². The number of benzene rings is 2. The SMILES string of the molecule is NC(=NCC1CCN(Cc2ccccc2Cl)CC1)Nc1ccc2c(c1)OCCCO2. The molecule has 0 unspecified atom stereocenters. The second kappa shape index (κ2) is 10.0. The molecule has 1 fully saturated rings. The highest BCUT2D eigenvalue weighted by Crippen LogP contribution is 2.32. The number of piperidine rings is 1. The average Bonchev–Trinajstić information content (AvgIpc) is 3.00. The van der Waals surface area contributed by atoms with Crippen molar-refractivity contribution in [2.45, 2.75) is 25.8 Å². The predicted octanol–water partition coefficient (Wildman–Crippen LogP) is 4.14. The van der Waals surface area contributed by atoms with Crippen LogP contribution in [0.15, 0.2) is 47.5 Å². The largest absolute Gasteiger partial charge is 0.490 e. The Kier molecular flexibility index (Phi) is 6.97. The van der Waals surface area contributed by atoms with Crippen LogP contribution in [0.5, 0.6) is 11.5 Å². The van der Waals surface area contributed by atoms with Crippen molar-refractivity contribution in [2.24, 2.45) is 16.6 Å². The number of nitrogens with one attached hydrogen (secondary N) is 1. The molecule has 0 amide bonds. The number of ether oxygens (including phenoxy) is 2. The Hall–Kier alpha value is -2.44. The van der Waals surface area contributed by atoms with Gasteiger partial charge in [0.1, 0.15) is 0 Å². The summed E-state index contributed by atoms with van der Waals surface area (Å²) in [6.45, 7) is 5.10. The van der Waals surface area contributed by atoms with Gasteiger partial charge >= 0.3 is 0 Å². The van der Waals surface area contributed by atoms with Crippen LogP contribution in [0, 0.1) is 5.92 Å². The van der Waals surface area contributed by atoms with E-state index >= 15 is 0 Å². The summed E-state index contributed by atoms with van der Waals surface area (Å²) in [7, 11) is 0. The first-order chi connectivity index (χ1) is 14.7. The summed E-state index contributed by atoms with van der Waals surface area (Å²) in [5.41, 5.74) is 8.17. The van der Waals surface area contributed by atoms with Crippen molar-refractivity contribution in [1.82, 2.24) is 4.90 Å². The number of rotatable bonds is 5. The number of guanidine groups is 1. The summed E-state index contributed by atoms with van der Waals surface area (Å²) in [6.07, 6.45) is 3.12. The zero-order chi connectivity index (χ0) is 20.8. The standard InChI is InChI=1S/C23H29ClN4O2/c24-20-5-2-1-4-18(20)16-28-10-8-17(9-11-28)15-26-23(25)27-19-6-7-21-22(14-19)30-13-3-12-29-21/h1-2,4-7,14,17H,3,8-13,15-16H2,(H3,25,26,27). The summed E-state index contributed by atoms with van der Waals surface area (Å²) < 4.78 is 11.4. The van der Waals surface area contributed by atoms with Crippen molar-refractivity contribution in [3.05, 3.63) is 53.1 Å². The molecule has 1 saturated heterocycles. The molecule has 6 nitrogen and oxygen atoms in total. The lowest BCUT2D eigenvalue weighted by Crippen LogP contribution is -2.34. The third kappa shape index (κ3) is 5.58. The molecule has 0 aromatic heterocycles. The zero-order valence-electron chi connectivity index (χ0n) is 17.1. The van der Waals surface area contributed by atoms with Gasteiger partial charge in [0.2, 0.25) is 0 Å². The minimum atomic E-state index is 0.433. The molecular formula is C23H29ClN4O2. The minimum absolute atomic E-state index is 0.433. The van der Waals surface area contributed by atoms with E-state index in [1.54, 1.807) is 0 Å². The maximum Gasteiger partial charge on any atom is 0.193 e. The lowest BCUT2D eigenvalue weighted by atomic mass is 9.96. The Bertz CT molecular complexity index is 881. The van der Waals surface area contributed by atoms with E-state index < -0.39 is 0 Å². The molecule has 0 bridgehead atoms. The van der Waals surface area contributed by atoms with Gasteiger partial charge in [0, 0.05) is 36.3 Å². The summed E-state index contributed by atoms with van der Waals surface area (Å²) in [5.74, 6) is 2.51. The minimum Gasteiger partial charge on any atom is -0.490 e. The number of aliphatic imine (C=N–C) groups is 1. The first-order valence-corrected chi connectivity index (χ1v) is 11.0. The lowest BCUT2D eigenvalue weighted by molar-refractivity contribution is 0.180. The summed E-state index contributed by atoms with van der Waals surface area (Å²) in [5, 5.41) is 4.01. The Morgan fingerprint density at radius 1 is 1.10 bits per heavy atom. The van der Waals surface area contributed by atoms with Crippen LogP contribution in [0.25, 0.3) is 0 Å². The number of halogens is 1. The first kappa shape index (κ1) is 20.8. The van der Waals surface area contributed by atoms with Crippen LogP contribution in [0.2, 0.25) is 5.02 Å². The molecule has 0 saturated carbocycles. The maximum absolute atomic E-state index is 6.29. The van der Waals surface area contributed by atoms with E-state index in [2.05, 4.69) is 21.3 Å². The van der Waals surface area contributed by atoms with Crippen LogP contribution in [0.4, 0.5) is 5.69 Å². The Morgan fingerprint density at radius 2 is 1.87 bits per heavy atom. The van der Waals surface area contributed by atoms with Crippen molar-refractivity contribution in [3.63, 3.8) is 0 Å². The number of fused-ring (bicyclic) bond motifs is 1. The molecule has 30 heavy (non-hydrogen) atoms. The first-order valence-electron chi connectivity index (χ1n) is 10.6. The molecule has 0 radical (unpaired) electrons. The van der Waals surface area contributed by atoms with E-state index in [1.807, 2.05) is 36.4 Å². The predicted molar refractivity (Wildman–Crippen MR) is 122 cm³/mol. The fraction of sp³-hybridized carbons (Fsp3) is 0.435. The van der Waals surface area contributed by atoms with E-state index in [9.17, 15) is 0 Å². The van der Waals surface area contributed by atoms with E-state index in [1.165, 1.54) is 5.56 Å². The molecule has 2 aromatic carbocycles. The number of hydrogen-bond acceptors (Lipinski definition) is 4. The lowest BCUT2D eigenvalue weighted by Gasteiger charge is -2.31. The summed E-state index contributed by atoms with van der Waals surface area (Å²) >= 11 is 6.29. The molecule has 7 heteroatoms. The van der Waals surface area contributed by atoms with E-state index in [0.29, 0.717) is 25.1 Å². The van der Waals surface area contributed by atoms with E-state index in [-0.39, 0.29) is 0 Å². The van der Waals surface area contributed by atoms with Crippen LogP contribution in [0.1, 0.15) is 24.8 Å². The number of likely N-dealkylation sites (tertiary alicyclic amines) is 1. The Balaban J connectivity index is 1.24. The highest BCUT2D eigenvalue weighted by Gasteiger charge is 2.19. The quantitative estimate of drug-likeness (QED) is 0.553. The van der Waals surface area contributed by atoms with Gasteiger partial charge in [-0.15, -0.1) is 0 Å². The van der Waals surface area contributed by atoms with Gasteiger partial charge in [0.05, 0.1) is 13.2 Å². The number of nitrogens with zero attached hydrogens (tertiary/aromatic N) is 2. The van der Waals surface area contributed by atoms with Crippen LogP contribution < -0.4 is 20.5 Å². The summed E-state index contributed by atoms with van der Waals surface area (Å²) in [4.78, 5) is 7.03. The van der Waals surface area contributed by atoms with Gasteiger partial charge in [-0.25, -0.2) is 0 Å². The van der Waals surface area contributed by atoms with E-state index in [4.69, 9.17) is 26.8 Å². The van der Waals surface area contributed by atoms with Crippen molar-refractivity contribution in [1.29, 1.82) is 0 Å². The molecule has 0 spiro atoms. The molecule has 2 aliphatic heterocycles. The smallest absolute Gasteiger partial charge is 0.193 e. The number of anilines is 1. The monoisotopic (exact) mass is 428 g/mol. The Labute approximate surface area is 183 Å². The zero-order valence-corrected chi connectivity index (χ0v) is 17.9. The molecule has 2 heterocycles. The normalized spacial score (nSPS) is 18.1. The molecular weight excluding hydrogens is 400 g/mol. The van der Waals surface area contributed by atoms with Gasteiger partial charge in [0.25, 0.3) is 0 Å². The molecule has 4 rings (SSSR count).